The molecule has 4 rings (SSSR count). The summed E-state index contributed by atoms with van der Waals surface area (Å²) in [4.78, 5) is 14.6. The number of likely N-dealkylation sites (tertiary alicyclic amines) is 1. The second-order valence-electron chi connectivity index (χ2n) is 6.33. The summed E-state index contributed by atoms with van der Waals surface area (Å²) in [6, 6.07) is 11.0. The normalized spacial score (nSPS) is 20.4. The summed E-state index contributed by atoms with van der Waals surface area (Å²) in [5.41, 5.74) is 2.79. The number of aliphatic hydroxyl groups excluding tert-OH is 1. The van der Waals surface area contributed by atoms with Crippen LogP contribution in [0.2, 0.25) is 0 Å². The Morgan fingerprint density at radius 2 is 2.00 bits per heavy atom. The minimum absolute atomic E-state index is 0.182. The maximum atomic E-state index is 13.2. The summed E-state index contributed by atoms with van der Waals surface area (Å²) in [6.07, 6.45) is -0.163. The third-order valence-electron chi connectivity index (χ3n) is 4.65. The van der Waals surface area contributed by atoms with Crippen LogP contribution in [0.25, 0.3) is 11.0 Å². The number of benzene rings is 2. The van der Waals surface area contributed by atoms with Gasteiger partial charge in [0.05, 0.1) is 17.7 Å². The van der Waals surface area contributed by atoms with E-state index in [1.54, 1.807) is 40.9 Å². The molecule has 0 spiro atoms. The molecule has 2 atom stereocenters. The Bertz CT molecular complexity index is 938. The van der Waals surface area contributed by atoms with Gasteiger partial charge < -0.3 is 10.0 Å². The lowest BCUT2D eigenvalue weighted by atomic mass is 10.0. The Balaban J connectivity index is 1.67. The van der Waals surface area contributed by atoms with Crippen LogP contribution in [0, 0.1) is 5.82 Å². The first-order chi connectivity index (χ1) is 12.0. The van der Waals surface area contributed by atoms with Crippen molar-refractivity contribution in [2.45, 2.75) is 18.6 Å². The number of β-amino-alcohol motifs (C(OH)–C–C–N with tert-alkyl or cyclic N) is 1. The predicted molar refractivity (Wildman–Crippen MR) is 89.3 cm³/mol. The Hall–Kier alpha value is -2.80. The Morgan fingerprint density at radius 3 is 2.76 bits per heavy atom. The quantitative estimate of drug-likeness (QED) is 0.775. The molecule has 1 aliphatic rings. The molecule has 0 radical (unpaired) electrons. The number of aromatic nitrogens is 3. The van der Waals surface area contributed by atoms with Gasteiger partial charge in [0.25, 0.3) is 5.91 Å². The van der Waals surface area contributed by atoms with E-state index in [-0.39, 0.29) is 24.3 Å². The van der Waals surface area contributed by atoms with Gasteiger partial charge in [0.2, 0.25) is 0 Å². The van der Waals surface area contributed by atoms with Crippen LogP contribution in [0.3, 0.4) is 0 Å². The second kappa shape index (κ2) is 5.93. The van der Waals surface area contributed by atoms with E-state index in [4.69, 9.17) is 0 Å². The van der Waals surface area contributed by atoms with Crippen LogP contribution in [0.5, 0.6) is 0 Å². The number of carbonyl (C=O) groups is 1. The number of carbonyl (C=O) groups excluding carboxylic acids is 1. The van der Waals surface area contributed by atoms with Crippen LogP contribution in [-0.2, 0) is 7.05 Å². The van der Waals surface area contributed by atoms with E-state index in [0.717, 1.165) is 11.1 Å². The fourth-order valence-corrected chi connectivity index (χ4v) is 3.38. The van der Waals surface area contributed by atoms with Crippen LogP contribution in [0.4, 0.5) is 4.39 Å². The van der Waals surface area contributed by atoms with Gasteiger partial charge in [-0.3, -0.25) is 4.79 Å². The number of amides is 1. The molecule has 3 aromatic rings. The molecule has 2 aromatic carbocycles. The van der Waals surface area contributed by atoms with Gasteiger partial charge in [-0.05, 0) is 42.3 Å². The molecule has 1 amide bonds. The number of aliphatic hydroxyl groups is 1. The first-order valence-corrected chi connectivity index (χ1v) is 8.07. The van der Waals surface area contributed by atoms with Crippen molar-refractivity contribution in [3.63, 3.8) is 0 Å². The minimum atomic E-state index is -0.598. The molecule has 0 bridgehead atoms. The number of nitrogens with zero attached hydrogens (tertiary/aromatic N) is 4. The van der Waals surface area contributed by atoms with Crippen molar-refractivity contribution in [2.24, 2.45) is 7.05 Å². The molecular formula is C18H17FN4O2. The van der Waals surface area contributed by atoms with Gasteiger partial charge in [-0.15, -0.1) is 5.10 Å². The maximum absolute atomic E-state index is 13.2. The minimum Gasteiger partial charge on any atom is -0.391 e. The molecule has 1 N–H and O–H groups in total. The van der Waals surface area contributed by atoms with Gasteiger partial charge in [-0.2, -0.15) is 0 Å². The lowest BCUT2D eigenvalue weighted by Crippen LogP contribution is -2.31. The van der Waals surface area contributed by atoms with Crippen molar-refractivity contribution in [1.82, 2.24) is 19.9 Å². The van der Waals surface area contributed by atoms with Crippen LogP contribution >= 0.6 is 0 Å². The van der Waals surface area contributed by atoms with Gasteiger partial charge >= 0.3 is 0 Å². The van der Waals surface area contributed by atoms with E-state index in [1.165, 1.54) is 12.1 Å². The zero-order valence-electron chi connectivity index (χ0n) is 13.6. The Kier molecular flexibility index (Phi) is 3.73. The van der Waals surface area contributed by atoms with Crippen LogP contribution in [0.15, 0.2) is 42.5 Å². The molecule has 128 valence electrons. The van der Waals surface area contributed by atoms with Crippen molar-refractivity contribution >= 4 is 16.9 Å². The summed E-state index contributed by atoms with van der Waals surface area (Å²) in [5, 5.41) is 18.0. The highest BCUT2D eigenvalue weighted by Gasteiger charge is 2.35. The number of halogens is 1. The van der Waals surface area contributed by atoms with Crippen LogP contribution in [0.1, 0.15) is 28.4 Å². The monoisotopic (exact) mass is 340 g/mol. The van der Waals surface area contributed by atoms with E-state index < -0.39 is 6.10 Å². The molecule has 0 saturated carbocycles. The molecule has 6 nitrogen and oxygen atoms in total. The second-order valence-corrected chi connectivity index (χ2v) is 6.33. The van der Waals surface area contributed by atoms with Crippen LogP contribution in [-0.4, -0.2) is 43.6 Å². The Morgan fingerprint density at radius 1 is 1.24 bits per heavy atom. The van der Waals surface area contributed by atoms with Gasteiger partial charge in [-0.1, -0.05) is 17.3 Å². The van der Waals surface area contributed by atoms with Crippen molar-refractivity contribution < 1.29 is 14.3 Å². The molecule has 0 aliphatic carbocycles. The number of aryl methyl sites for hydroxylation is 1. The molecule has 1 aliphatic heterocycles. The summed E-state index contributed by atoms with van der Waals surface area (Å²) < 4.78 is 14.8. The number of fused-ring (bicyclic) bond motifs is 1. The van der Waals surface area contributed by atoms with Gasteiger partial charge in [0.1, 0.15) is 11.3 Å². The largest absolute Gasteiger partial charge is 0.391 e. The zero-order valence-corrected chi connectivity index (χ0v) is 13.6. The molecule has 1 aromatic heterocycles. The summed E-state index contributed by atoms with van der Waals surface area (Å²) >= 11 is 0. The number of rotatable bonds is 2. The molecule has 7 heteroatoms. The van der Waals surface area contributed by atoms with E-state index >= 15 is 0 Å². The third-order valence-corrected chi connectivity index (χ3v) is 4.65. The predicted octanol–water partition coefficient (Wildman–Crippen LogP) is 2.06. The summed E-state index contributed by atoms with van der Waals surface area (Å²) in [5.74, 6) is -0.508. The van der Waals surface area contributed by atoms with Crippen molar-refractivity contribution in [2.75, 3.05) is 6.54 Å². The zero-order chi connectivity index (χ0) is 17.6. The number of hydrogen-bond acceptors (Lipinski definition) is 4. The van der Waals surface area contributed by atoms with E-state index in [1.807, 2.05) is 6.07 Å². The highest BCUT2D eigenvalue weighted by molar-refractivity contribution is 5.97. The first-order valence-electron chi connectivity index (χ1n) is 8.07. The fraction of sp³-hybridized carbons (Fsp3) is 0.278. The SMILES string of the molecule is Cn1nnc2cc(C(=O)N3C[C@@H](O)C[C@@H]3c3ccc(F)cc3)ccc21. The average molecular weight is 340 g/mol. The molecule has 1 fully saturated rings. The maximum Gasteiger partial charge on any atom is 0.254 e. The fourth-order valence-electron chi connectivity index (χ4n) is 3.38. The summed E-state index contributed by atoms with van der Waals surface area (Å²) in [6.45, 7) is 0.249. The molecule has 1 saturated heterocycles. The van der Waals surface area contributed by atoms with Gasteiger partial charge in [-0.25, -0.2) is 9.07 Å². The smallest absolute Gasteiger partial charge is 0.254 e. The third kappa shape index (κ3) is 2.76. The lowest BCUT2D eigenvalue weighted by molar-refractivity contribution is 0.0716. The molecule has 0 unspecified atom stereocenters. The highest BCUT2D eigenvalue weighted by atomic mass is 19.1. The van der Waals surface area contributed by atoms with Crippen molar-refractivity contribution in [3.8, 4) is 0 Å². The average Bonchev–Trinajstić information content (AvgIpc) is 3.18. The molecule has 25 heavy (non-hydrogen) atoms. The van der Waals surface area contributed by atoms with Gasteiger partial charge in [0, 0.05) is 19.2 Å². The molecule has 2 heterocycles. The first kappa shape index (κ1) is 15.7. The summed E-state index contributed by atoms with van der Waals surface area (Å²) in [7, 11) is 1.79. The van der Waals surface area contributed by atoms with Crippen LogP contribution < -0.4 is 0 Å². The van der Waals surface area contributed by atoms with E-state index in [9.17, 15) is 14.3 Å². The van der Waals surface area contributed by atoms with E-state index in [2.05, 4.69) is 10.3 Å². The topological polar surface area (TPSA) is 71.2 Å². The van der Waals surface area contributed by atoms with Gasteiger partial charge in [0.15, 0.2) is 0 Å². The van der Waals surface area contributed by atoms with Crippen molar-refractivity contribution in [3.05, 3.63) is 59.4 Å². The van der Waals surface area contributed by atoms with E-state index in [0.29, 0.717) is 17.5 Å². The number of hydrogen-bond donors (Lipinski definition) is 1. The standard InChI is InChI=1S/C18H17FN4O2/c1-22-16-7-4-12(8-15(16)20-21-22)18(25)23-10-14(24)9-17(23)11-2-5-13(19)6-3-11/h2-8,14,17,24H,9-10H2,1H3/t14-,17+/m0/s1. The Labute approximate surface area is 143 Å². The lowest BCUT2D eigenvalue weighted by Gasteiger charge is -2.25. The molecular weight excluding hydrogens is 323 g/mol. The highest BCUT2D eigenvalue weighted by Crippen LogP contribution is 2.33. The van der Waals surface area contributed by atoms with Crippen molar-refractivity contribution in [1.29, 1.82) is 0 Å².